The Morgan fingerprint density at radius 1 is 1.67 bits per heavy atom. The Kier molecular flexibility index (Phi) is 3.09. The monoisotopic (exact) mass is 172 g/mol. The molecule has 72 valence electrons. The Labute approximate surface area is 74.5 Å². The largest absolute Gasteiger partial charge is 0.394 e. The zero-order valence-corrected chi connectivity index (χ0v) is 8.08. The molecule has 0 aliphatic carbocycles. The lowest BCUT2D eigenvalue weighted by Gasteiger charge is -2.32. The van der Waals surface area contributed by atoms with Gasteiger partial charge in [0.1, 0.15) is 0 Å². The van der Waals surface area contributed by atoms with E-state index in [1.54, 1.807) is 0 Å². The quantitative estimate of drug-likeness (QED) is 0.632. The van der Waals surface area contributed by atoms with Gasteiger partial charge >= 0.3 is 0 Å². The zero-order valence-electron chi connectivity index (χ0n) is 8.08. The first-order chi connectivity index (χ1) is 5.62. The summed E-state index contributed by atoms with van der Waals surface area (Å²) in [6.45, 7) is 4.31. The third-order valence-electron chi connectivity index (χ3n) is 3.16. The molecule has 3 nitrogen and oxygen atoms in total. The van der Waals surface area contributed by atoms with Gasteiger partial charge in [-0.1, -0.05) is 6.92 Å². The van der Waals surface area contributed by atoms with Gasteiger partial charge in [0.05, 0.1) is 6.61 Å². The minimum Gasteiger partial charge on any atom is -0.394 e. The Hall–Kier alpha value is -0.120. The molecule has 0 aromatic heterocycles. The van der Waals surface area contributed by atoms with Gasteiger partial charge in [-0.05, 0) is 32.4 Å². The molecule has 0 bridgehead atoms. The fourth-order valence-electron chi connectivity index (χ4n) is 1.93. The molecule has 1 saturated heterocycles. The second-order valence-corrected chi connectivity index (χ2v) is 3.99. The van der Waals surface area contributed by atoms with Crippen molar-refractivity contribution in [2.45, 2.75) is 25.3 Å². The van der Waals surface area contributed by atoms with Crippen molar-refractivity contribution < 1.29 is 5.11 Å². The van der Waals surface area contributed by atoms with E-state index in [1.807, 2.05) is 0 Å². The van der Waals surface area contributed by atoms with Crippen LogP contribution in [-0.4, -0.2) is 42.3 Å². The SMILES string of the molecule is CCC(N)(CO)C1CCN(C)C1. The van der Waals surface area contributed by atoms with Gasteiger partial charge in [0.15, 0.2) is 0 Å². The molecule has 2 unspecified atom stereocenters. The van der Waals surface area contributed by atoms with E-state index in [0.29, 0.717) is 5.92 Å². The third kappa shape index (κ3) is 1.79. The first kappa shape index (κ1) is 9.96. The van der Waals surface area contributed by atoms with E-state index in [4.69, 9.17) is 5.73 Å². The molecular weight excluding hydrogens is 152 g/mol. The van der Waals surface area contributed by atoms with E-state index in [9.17, 15) is 5.11 Å². The van der Waals surface area contributed by atoms with Crippen LogP contribution in [0.5, 0.6) is 0 Å². The van der Waals surface area contributed by atoms with Crippen molar-refractivity contribution in [2.75, 3.05) is 26.7 Å². The van der Waals surface area contributed by atoms with Crippen LogP contribution in [0.25, 0.3) is 0 Å². The van der Waals surface area contributed by atoms with Crippen LogP contribution in [0.3, 0.4) is 0 Å². The Morgan fingerprint density at radius 2 is 2.33 bits per heavy atom. The van der Waals surface area contributed by atoms with Gasteiger partial charge < -0.3 is 15.7 Å². The highest BCUT2D eigenvalue weighted by Crippen LogP contribution is 2.26. The van der Waals surface area contributed by atoms with Crippen LogP contribution in [0.2, 0.25) is 0 Å². The normalized spacial score (nSPS) is 30.5. The molecule has 1 fully saturated rings. The highest BCUT2D eigenvalue weighted by molar-refractivity contribution is 4.94. The molecule has 0 spiro atoms. The number of nitrogens with two attached hydrogens (primary N) is 1. The summed E-state index contributed by atoms with van der Waals surface area (Å²) in [7, 11) is 2.10. The fourth-order valence-corrected chi connectivity index (χ4v) is 1.93. The molecule has 0 radical (unpaired) electrons. The molecule has 0 amide bonds. The minimum atomic E-state index is -0.342. The van der Waals surface area contributed by atoms with Crippen LogP contribution in [0.4, 0.5) is 0 Å². The maximum Gasteiger partial charge on any atom is 0.0614 e. The van der Waals surface area contributed by atoms with Crippen molar-refractivity contribution >= 4 is 0 Å². The molecule has 3 N–H and O–H groups in total. The van der Waals surface area contributed by atoms with Crippen LogP contribution < -0.4 is 5.73 Å². The summed E-state index contributed by atoms with van der Waals surface area (Å²) < 4.78 is 0. The van der Waals surface area contributed by atoms with Gasteiger partial charge in [0.2, 0.25) is 0 Å². The summed E-state index contributed by atoms with van der Waals surface area (Å²) >= 11 is 0. The summed E-state index contributed by atoms with van der Waals surface area (Å²) in [6, 6.07) is 0. The molecule has 0 saturated carbocycles. The van der Waals surface area contributed by atoms with E-state index in [-0.39, 0.29) is 12.1 Å². The number of hydrogen-bond donors (Lipinski definition) is 2. The highest BCUT2D eigenvalue weighted by atomic mass is 16.3. The standard InChI is InChI=1S/C9H20N2O/c1-3-9(10,7-12)8-4-5-11(2)6-8/h8,12H,3-7,10H2,1-2H3. The number of aliphatic hydroxyl groups excluding tert-OH is 1. The average Bonchev–Trinajstić information content (AvgIpc) is 2.51. The summed E-state index contributed by atoms with van der Waals surface area (Å²) in [5.41, 5.74) is 5.74. The van der Waals surface area contributed by atoms with Crippen molar-refractivity contribution in [3.63, 3.8) is 0 Å². The van der Waals surface area contributed by atoms with Crippen molar-refractivity contribution in [2.24, 2.45) is 11.7 Å². The maximum absolute atomic E-state index is 9.19. The van der Waals surface area contributed by atoms with Gasteiger partial charge in [0.25, 0.3) is 0 Å². The zero-order chi connectivity index (χ0) is 9.19. The Morgan fingerprint density at radius 3 is 2.67 bits per heavy atom. The van der Waals surface area contributed by atoms with Crippen LogP contribution in [0, 0.1) is 5.92 Å². The van der Waals surface area contributed by atoms with Crippen LogP contribution in [0.15, 0.2) is 0 Å². The highest BCUT2D eigenvalue weighted by Gasteiger charge is 2.36. The summed E-state index contributed by atoms with van der Waals surface area (Å²) in [5.74, 6) is 0.470. The number of hydrogen-bond acceptors (Lipinski definition) is 3. The number of rotatable bonds is 3. The molecule has 3 heteroatoms. The van der Waals surface area contributed by atoms with Gasteiger partial charge in [0, 0.05) is 12.1 Å². The first-order valence-electron chi connectivity index (χ1n) is 4.70. The molecule has 1 aliphatic heterocycles. The lowest BCUT2D eigenvalue weighted by molar-refractivity contribution is 0.137. The van der Waals surface area contributed by atoms with Crippen molar-refractivity contribution in [3.8, 4) is 0 Å². The third-order valence-corrected chi connectivity index (χ3v) is 3.16. The summed E-state index contributed by atoms with van der Waals surface area (Å²) in [5, 5.41) is 9.19. The maximum atomic E-state index is 9.19. The first-order valence-corrected chi connectivity index (χ1v) is 4.70. The lowest BCUT2D eigenvalue weighted by Crippen LogP contribution is -2.50. The molecule has 12 heavy (non-hydrogen) atoms. The predicted octanol–water partition coefficient (Wildman–Crippen LogP) is 0.0379. The van der Waals surface area contributed by atoms with Gasteiger partial charge in [-0.15, -0.1) is 0 Å². The molecule has 0 aromatic carbocycles. The van der Waals surface area contributed by atoms with E-state index in [0.717, 1.165) is 25.9 Å². The fraction of sp³-hybridized carbons (Fsp3) is 1.00. The molecule has 1 rings (SSSR count). The Bertz CT molecular complexity index is 145. The smallest absolute Gasteiger partial charge is 0.0614 e. The minimum absolute atomic E-state index is 0.113. The van der Waals surface area contributed by atoms with E-state index in [2.05, 4.69) is 18.9 Å². The molecule has 2 atom stereocenters. The van der Waals surface area contributed by atoms with E-state index in [1.165, 1.54) is 0 Å². The van der Waals surface area contributed by atoms with Crippen LogP contribution in [-0.2, 0) is 0 Å². The second kappa shape index (κ2) is 3.73. The predicted molar refractivity (Wildman–Crippen MR) is 49.9 cm³/mol. The second-order valence-electron chi connectivity index (χ2n) is 3.99. The molecule has 0 aromatic rings. The van der Waals surface area contributed by atoms with Crippen molar-refractivity contribution in [1.29, 1.82) is 0 Å². The number of nitrogens with zero attached hydrogens (tertiary/aromatic N) is 1. The topological polar surface area (TPSA) is 49.5 Å². The lowest BCUT2D eigenvalue weighted by atomic mass is 9.82. The Balaban J connectivity index is 2.55. The van der Waals surface area contributed by atoms with Crippen LogP contribution >= 0.6 is 0 Å². The summed E-state index contributed by atoms with van der Waals surface area (Å²) in [6.07, 6.45) is 1.99. The molecule has 1 heterocycles. The van der Waals surface area contributed by atoms with Crippen LogP contribution in [0.1, 0.15) is 19.8 Å². The van der Waals surface area contributed by atoms with E-state index < -0.39 is 0 Å². The molecular formula is C9H20N2O. The van der Waals surface area contributed by atoms with Gasteiger partial charge in [-0.25, -0.2) is 0 Å². The van der Waals surface area contributed by atoms with Gasteiger partial charge in [-0.2, -0.15) is 0 Å². The molecule has 1 aliphatic rings. The van der Waals surface area contributed by atoms with E-state index >= 15 is 0 Å². The van der Waals surface area contributed by atoms with Gasteiger partial charge in [-0.3, -0.25) is 0 Å². The number of aliphatic hydroxyl groups is 1. The van der Waals surface area contributed by atoms with Crippen molar-refractivity contribution in [3.05, 3.63) is 0 Å². The summed E-state index contributed by atoms with van der Waals surface area (Å²) in [4.78, 5) is 2.28. The number of likely N-dealkylation sites (tertiary alicyclic amines) is 1. The average molecular weight is 172 g/mol. The van der Waals surface area contributed by atoms with Crippen molar-refractivity contribution in [1.82, 2.24) is 4.90 Å².